The number of alkyl halides is 3. The number of hydrogen-bond acceptors (Lipinski definition) is 6. The number of halogens is 3. The van der Waals surface area contributed by atoms with Gasteiger partial charge < -0.3 is 14.4 Å². The van der Waals surface area contributed by atoms with Crippen molar-refractivity contribution in [2.45, 2.75) is 70.1 Å². The molecule has 0 N–H and O–H groups in total. The van der Waals surface area contributed by atoms with Gasteiger partial charge in [0.05, 0.1) is 22.6 Å². The van der Waals surface area contributed by atoms with E-state index in [1.807, 2.05) is 0 Å². The van der Waals surface area contributed by atoms with Crippen molar-refractivity contribution in [1.29, 1.82) is 0 Å². The van der Waals surface area contributed by atoms with E-state index in [4.69, 9.17) is 9.47 Å². The molecule has 1 fully saturated rings. The molecule has 0 saturated carbocycles. The van der Waals surface area contributed by atoms with Crippen LogP contribution in [0, 0.1) is 6.92 Å². The molecule has 12 heteroatoms. The van der Waals surface area contributed by atoms with Gasteiger partial charge in [0.15, 0.2) is 0 Å². The zero-order valence-electron chi connectivity index (χ0n) is 23.5. The third kappa shape index (κ3) is 6.37. The summed E-state index contributed by atoms with van der Waals surface area (Å²) in [5.41, 5.74) is -1.61. The number of rotatable bonds is 5. The quantitative estimate of drug-likeness (QED) is 0.313. The Morgan fingerprint density at radius 3 is 2.15 bits per heavy atom. The fraction of sp³-hybridized carbons (Fsp3) is 0.448. The predicted molar refractivity (Wildman–Crippen MR) is 146 cm³/mol. The van der Waals surface area contributed by atoms with Crippen LogP contribution in [0.4, 0.5) is 18.0 Å². The molecule has 0 unspecified atom stereocenters. The van der Waals surface area contributed by atoms with Gasteiger partial charge in [-0.3, -0.25) is 0 Å². The van der Waals surface area contributed by atoms with Crippen molar-refractivity contribution in [1.82, 2.24) is 8.87 Å². The van der Waals surface area contributed by atoms with Crippen LogP contribution in [0.1, 0.15) is 73.6 Å². The third-order valence-corrected chi connectivity index (χ3v) is 8.61. The van der Waals surface area contributed by atoms with E-state index in [1.54, 1.807) is 46.8 Å². The molecule has 0 atom stereocenters. The van der Waals surface area contributed by atoms with E-state index in [2.05, 4.69) is 0 Å². The largest absolute Gasteiger partial charge is 0.461 e. The fourth-order valence-electron chi connectivity index (χ4n) is 4.95. The minimum Gasteiger partial charge on any atom is -0.461 e. The molecule has 0 spiro atoms. The number of nitrogens with zero attached hydrogens (tertiary/aromatic N) is 2. The Morgan fingerprint density at radius 2 is 1.61 bits per heavy atom. The number of piperidine rings is 1. The van der Waals surface area contributed by atoms with Crippen molar-refractivity contribution in [3.8, 4) is 0 Å². The molecule has 8 nitrogen and oxygen atoms in total. The van der Waals surface area contributed by atoms with E-state index < -0.39 is 51.0 Å². The Bertz CT molecular complexity index is 1560. The molecular weight excluding hydrogens is 561 g/mol. The molecule has 1 aromatic heterocycles. The second-order valence-corrected chi connectivity index (χ2v) is 12.9. The maximum Gasteiger partial charge on any atom is 0.416 e. The van der Waals surface area contributed by atoms with Gasteiger partial charge in [0.1, 0.15) is 11.3 Å². The molecule has 0 radical (unpaired) electrons. The molecule has 1 amide bonds. The maximum atomic E-state index is 14.5. The van der Waals surface area contributed by atoms with E-state index in [9.17, 15) is 31.2 Å². The van der Waals surface area contributed by atoms with Crippen LogP contribution in [-0.4, -0.2) is 54.7 Å². The fourth-order valence-corrected chi connectivity index (χ4v) is 6.45. The summed E-state index contributed by atoms with van der Waals surface area (Å²) in [5, 5.41) is 0.154. The van der Waals surface area contributed by atoms with Gasteiger partial charge in [0, 0.05) is 18.5 Å². The monoisotopic (exact) mass is 594 g/mol. The zero-order chi connectivity index (χ0) is 30.3. The van der Waals surface area contributed by atoms with Gasteiger partial charge in [-0.1, -0.05) is 17.7 Å². The lowest BCUT2D eigenvalue weighted by atomic mass is 9.85. The predicted octanol–water partition coefficient (Wildman–Crippen LogP) is 6.50. The third-order valence-electron chi connectivity index (χ3n) is 6.86. The minimum absolute atomic E-state index is 0.0193. The van der Waals surface area contributed by atoms with Gasteiger partial charge in [-0.15, -0.1) is 0 Å². The van der Waals surface area contributed by atoms with E-state index in [1.165, 1.54) is 29.2 Å². The van der Waals surface area contributed by atoms with Crippen LogP contribution in [0.25, 0.3) is 10.9 Å². The summed E-state index contributed by atoms with van der Waals surface area (Å²) in [7, 11) is -4.47. The average molecular weight is 595 g/mol. The summed E-state index contributed by atoms with van der Waals surface area (Å²) in [6.07, 6.45) is -4.83. The first-order valence-corrected chi connectivity index (χ1v) is 14.7. The summed E-state index contributed by atoms with van der Waals surface area (Å²) < 4.78 is 81.9. The summed E-state index contributed by atoms with van der Waals surface area (Å²) in [4.78, 5) is 26.6. The first kappa shape index (κ1) is 30.4. The highest BCUT2D eigenvalue weighted by Crippen LogP contribution is 2.42. The molecule has 2 aromatic carbocycles. The molecule has 0 bridgehead atoms. The van der Waals surface area contributed by atoms with Crippen LogP contribution >= 0.6 is 0 Å². The normalized spacial score (nSPS) is 15.3. The highest BCUT2D eigenvalue weighted by Gasteiger charge is 2.39. The lowest BCUT2D eigenvalue weighted by Crippen LogP contribution is -2.41. The number of aromatic nitrogens is 1. The standard InChI is InChI=1S/C29H33F3N2O6S/c1-6-39-26(35)25-16-20-15-22(19-11-13-33(14-12-19)27(36)40-28(3,4)5)23(29(30,31)32)17-24(20)34(25)41(37,38)21-9-7-18(2)8-10-21/h7-10,15-17,19H,6,11-14H2,1-5H3. The van der Waals surface area contributed by atoms with Gasteiger partial charge in [-0.25, -0.2) is 22.0 Å². The lowest BCUT2D eigenvalue weighted by molar-refractivity contribution is -0.138. The second-order valence-electron chi connectivity index (χ2n) is 11.1. The number of likely N-dealkylation sites (tertiary alicyclic amines) is 1. The summed E-state index contributed by atoms with van der Waals surface area (Å²) >= 11 is 0. The lowest BCUT2D eigenvalue weighted by Gasteiger charge is -2.34. The maximum absolute atomic E-state index is 14.5. The van der Waals surface area contributed by atoms with E-state index in [0.717, 1.165) is 11.6 Å². The van der Waals surface area contributed by atoms with Gasteiger partial charge >= 0.3 is 18.2 Å². The Morgan fingerprint density at radius 1 is 1.00 bits per heavy atom. The van der Waals surface area contributed by atoms with Gasteiger partial charge in [-0.2, -0.15) is 13.2 Å². The Balaban J connectivity index is 1.83. The molecule has 41 heavy (non-hydrogen) atoms. The first-order chi connectivity index (χ1) is 19.0. The molecule has 1 aliphatic heterocycles. The molecule has 1 aliphatic rings. The highest BCUT2D eigenvalue weighted by molar-refractivity contribution is 7.90. The molecule has 2 heterocycles. The second kappa shape index (κ2) is 11.0. The van der Waals surface area contributed by atoms with Gasteiger partial charge in [-0.05, 0) is 89.3 Å². The van der Waals surface area contributed by atoms with Crippen LogP contribution in [0.2, 0.25) is 0 Å². The SMILES string of the molecule is CCOC(=O)c1cc2cc(C3CCN(C(=O)OC(C)(C)C)CC3)c(C(F)(F)F)cc2n1S(=O)(=O)c1ccc(C)cc1. The number of benzene rings is 2. The van der Waals surface area contributed by atoms with Crippen molar-refractivity contribution in [2.24, 2.45) is 0 Å². The Hall–Kier alpha value is -3.54. The number of ether oxygens (including phenoxy) is 2. The Kier molecular flexibility index (Phi) is 8.19. The van der Waals surface area contributed by atoms with E-state index in [-0.39, 0.29) is 53.9 Å². The summed E-state index contributed by atoms with van der Waals surface area (Å²) in [6.45, 7) is 8.86. The van der Waals surface area contributed by atoms with Crippen molar-refractivity contribution in [2.75, 3.05) is 19.7 Å². The molecule has 222 valence electrons. The smallest absolute Gasteiger partial charge is 0.416 e. The van der Waals surface area contributed by atoms with Gasteiger partial charge in [0.2, 0.25) is 0 Å². The van der Waals surface area contributed by atoms with Crippen LogP contribution < -0.4 is 0 Å². The number of amides is 1. The van der Waals surface area contributed by atoms with Crippen molar-refractivity contribution >= 4 is 33.0 Å². The number of aryl methyl sites for hydroxylation is 1. The van der Waals surface area contributed by atoms with Crippen LogP contribution in [0.3, 0.4) is 0 Å². The number of fused-ring (bicyclic) bond motifs is 1. The molecule has 0 aliphatic carbocycles. The van der Waals surface area contributed by atoms with Crippen molar-refractivity contribution < 1.29 is 40.7 Å². The van der Waals surface area contributed by atoms with Crippen molar-refractivity contribution in [3.05, 3.63) is 64.8 Å². The van der Waals surface area contributed by atoms with Crippen molar-refractivity contribution in [3.63, 3.8) is 0 Å². The number of carbonyl (C=O) groups excluding carboxylic acids is 2. The summed E-state index contributed by atoms with van der Waals surface area (Å²) in [5.74, 6) is -1.53. The highest BCUT2D eigenvalue weighted by atomic mass is 32.2. The molecule has 1 saturated heterocycles. The average Bonchev–Trinajstić information content (AvgIpc) is 3.27. The topological polar surface area (TPSA) is 94.9 Å². The van der Waals surface area contributed by atoms with Crippen LogP contribution in [0.5, 0.6) is 0 Å². The zero-order valence-corrected chi connectivity index (χ0v) is 24.4. The minimum atomic E-state index is -4.81. The van der Waals surface area contributed by atoms with Gasteiger partial charge in [0.25, 0.3) is 10.0 Å². The van der Waals surface area contributed by atoms with E-state index in [0.29, 0.717) is 3.97 Å². The molecule has 3 aromatic rings. The van der Waals surface area contributed by atoms with Crippen LogP contribution in [0.15, 0.2) is 47.4 Å². The number of hydrogen-bond donors (Lipinski definition) is 0. The first-order valence-electron chi connectivity index (χ1n) is 13.3. The number of esters is 1. The number of carbonyl (C=O) groups is 2. The molecule has 4 rings (SSSR count). The summed E-state index contributed by atoms with van der Waals surface area (Å²) in [6, 6.07) is 9.14. The molecular formula is C29H33F3N2O6S. The van der Waals surface area contributed by atoms with Crippen LogP contribution in [-0.2, 0) is 25.7 Å². The Labute approximate surface area is 237 Å². The van der Waals surface area contributed by atoms with E-state index >= 15 is 0 Å².